The number of cyclic esters (lactones) is 1. The van der Waals surface area contributed by atoms with Gasteiger partial charge in [0.15, 0.2) is 0 Å². The van der Waals surface area contributed by atoms with Crippen LogP contribution in [0.4, 0.5) is 0 Å². The van der Waals surface area contributed by atoms with Crippen molar-refractivity contribution in [1.29, 1.82) is 0 Å². The molecular weight excluding hydrogens is 412 g/mol. The number of aliphatic hydroxyl groups excluding tert-OH is 1. The molecule has 3 N–H and O–H groups in total. The van der Waals surface area contributed by atoms with Crippen LogP contribution in [-0.4, -0.2) is 39.5 Å². The second-order valence-corrected chi connectivity index (χ2v) is 7.83. The average Bonchev–Trinajstić information content (AvgIpc) is 3.00. The molecule has 0 saturated carbocycles. The number of carbonyl (C=O) groups excluding carboxylic acids is 2. The smallest absolute Gasteiger partial charge is 0.375 e. The van der Waals surface area contributed by atoms with Gasteiger partial charge in [-0.25, -0.2) is 9.59 Å². The van der Waals surface area contributed by atoms with Crippen molar-refractivity contribution in [3.63, 3.8) is 0 Å². The first-order valence-electron chi connectivity index (χ1n) is 10.3. The number of hydrogen-bond acceptors (Lipinski definition) is 7. The van der Waals surface area contributed by atoms with Crippen LogP contribution in [0.1, 0.15) is 37.5 Å². The molecule has 0 radical (unpaired) electrons. The second-order valence-electron chi connectivity index (χ2n) is 7.83. The van der Waals surface area contributed by atoms with Crippen LogP contribution >= 0.6 is 0 Å². The molecule has 0 bridgehead atoms. The Hall–Kier alpha value is -3.74. The van der Waals surface area contributed by atoms with Crippen molar-refractivity contribution in [3.8, 4) is 11.5 Å². The molecule has 1 heterocycles. The van der Waals surface area contributed by atoms with E-state index in [2.05, 4.69) is 0 Å². The van der Waals surface area contributed by atoms with Gasteiger partial charge >= 0.3 is 11.9 Å². The van der Waals surface area contributed by atoms with Gasteiger partial charge in [-0.05, 0) is 62.1 Å². The maximum absolute atomic E-state index is 13.1. The number of phenolic OH excluding ortho intramolecular Hbond substituents is 2. The standard InChI is InChI=1S/C25H26O7/c1-4-31-24(30)25(14-16-6-12-20(27)18(13-16)7-5-15(2)3)21(22(28)23(29)32-25)17-8-10-19(26)11-9-17/h5-6,8-13,26-28H,4,7,14H2,1-3H3/t25-/m1/s1. The fourth-order valence-corrected chi connectivity index (χ4v) is 3.65. The Morgan fingerprint density at radius 1 is 1.09 bits per heavy atom. The van der Waals surface area contributed by atoms with Gasteiger partial charge in [0, 0.05) is 6.42 Å². The minimum atomic E-state index is -1.92. The van der Waals surface area contributed by atoms with Crippen LogP contribution in [0, 0.1) is 0 Å². The monoisotopic (exact) mass is 438 g/mol. The first kappa shape index (κ1) is 22.9. The second kappa shape index (κ2) is 9.18. The highest BCUT2D eigenvalue weighted by atomic mass is 16.6. The lowest BCUT2D eigenvalue weighted by atomic mass is 9.83. The molecule has 7 nitrogen and oxygen atoms in total. The predicted octanol–water partition coefficient (Wildman–Crippen LogP) is 3.98. The van der Waals surface area contributed by atoms with Gasteiger partial charge in [0.05, 0.1) is 12.2 Å². The van der Waals surface area contributed by atoms with Gasteiger partial charge in [-0.1, -0.05) is 35.9 Å². The molecule has 0 amide bonds. The zero-order valence-corrected chi connectivity index (χ0v) is 18.2. The van der Waals surface area contributed by atoms with E-state index in [9.17, 15) is 24.9 Å². The number of allylic oxidation sites excluding steroid dienone is 2. The molecule has 1 aliphatic rings. The van der Waals surface area contributed by atoms with E-state index in [-0.39, 0.29) is 30.1 Å². The van der Waals surface area contributed by atoms with Crippen molar-refractivity contribution in [2.75, 3.05) is 6.61 Å². The maximum Gasteiger partial charge on any atom is 0.375 e. The fraction of sp³-hybridized carbons (Fsp3) is 0.280. The van der Waals surface area contributed by atoms with E-state index in [1.807, 2.05) is 19.9 Å². The molecule has 168 valence electrons. The summed E-state index contributed by atoms with van der Waals surface area (Å²) in [5, 5.41) is 30.4. The first-order chi connectivity index (χ1) is 15.2. The number of phenols is 2. The van der Waals surface area contributed by atoms with Gasteiger partial charge in [0.1, 0.15) is 11.5 Å². The molecule has 0 saturated heterocycles. The van der Waals surface area contributed by atoms with E-state index < -0.39 is 23.3 Å². The Bertz CT molecular complexity index is 1090. The van der Waals surface area contributed by atoms with Crippen molar-refractivity contribution in [2.45, 2.75) is 39.2 Å². The Balaban J connectivity index is 2.12. The minimum Gasteiger partial charge on any atom is -0.508 e. The van der Waals surface area contributed by atoms with Crippen LogP contribution in [0.15, 0.2) is 59.9 Å². The topological polar surface area (TPSA) is 113 Å². The van der Waals surface area contributed by atoms with Crippen molar-refractivity contribution in [1.82, 2.24) is 0 Å². The minimum absolute atomic E-state index is 0.0109. The third-order valence-electron chi connectivity index (χ3n) is 5.19. The molecule has 0 fully saturated rings. The quantitative estimate of drug-likeness (QED) is 0.443. The summed E-state index contributed by atoms with van der Waals surface area (Å²) in [7, 11) is 0. The Morgan fingerprint density at radius 2 is 1.78 bits per heavy atom. The number of hydrogen-bond donors (Lipinski definition) is 3. The van der Waals surface area contributed by atoms with Crippen molar-refractivity contribution >= 4 is 17.5 Å². The third-order valence-corrected chi connectivity index (χ3v) is 5.19. The number of aliphatic hydroxyl groups is 1. The largest absolute Gasteiger partial charge is 0.508 e. The van der Waals surface area contributed by atoms with Crippen molar-refractivity contribution in [2.24, 2.45) is 0 Å². The van der Waals surface area contributed by atoms with E-state index in [0.717, 1.165) is 5.57 Å². The summed E-state index contributed by atoms with van der Waals surface area (Å²) in [6, 6.07) is 10.6. The molecule has 2 aromatic carbocycles. The number of aromatic hydroxyl groups is 2. The van der Waals surface area contributed by atoms with Gasteiger partial charge in [-0.15, -0.1) is 0 Å². The molecule has 7 heteroatoms. The van der Waals surface area contributed by atoms with Gasteiger partial charge in [0.2, 0.25) is 11.4 Å². The van der Waals surface area contributed by atoms with E-state index in [4.69, 9.17) is 9.47 Å². The van der Waals surface area contributed by atoms with Crippen LogP contribution in [-0.2, 0) is 31.9 Å². The van der Waals surface area contributed by atoms with E-state index in [1.165, 1.54) is 30.3 Å². The third kappa shape index (κ3) is 4.46. The highest BCUT2D eigenvalue weighted by molar-refractivity contribution is 6.11. The first-order valence-corrected chi connectivity index (χ1v) is 10.3. The maximum atomic E-state index is 13.1. The lowest BCUT2D eigenvalue weighted by Gasteiger charge is -2.28. The molecule has 0 spiro atoms. The lowest BCUT2D eigenvalue weighted by Crippen LogP contribution is -2.44. The molecule has 1 aliphatic heterocycles. The summed E-state index contributed by atoms with van der Waals surface area (Å²) < 4.78 is 10.7. The molecule has 2 aromatic rings. The zero-order valence-electron chi connectivity index (χ0n) is 18.2. The van der Waals surface area contributed by atoms with Crippen LogP contribution in [0.2, 0.25) is 0 Å². The molecular formula is C25H26O7. The van der Waals surface area contributed by atoms with Crippen molar-refractivity contribution < 1.29 is 34.4 Å². The summed E-state index contributed by atoms with van der Waals surface area (Å²) in [5.74, 6) is -2.45. The predicted molar refractivity (Wildman–Crippen MR) is 118 cm³/mol. The SMILES string of the molecule is CCOC(=O)[C@]1(Cc2ccc(O)c(CC=C(C)C)c2)OC(=O)C(O)=C1c1ccc(O)cc1. The van der Waals surface area contributed by atoms with Crippen LogP contribution < -0.4 is 0 Å². The van der Waals surface area contributed by atoms with E-state index in [1.54, 1.807) is 19.1 Å². The number of rotatable bonds is 7. The lowest BCUT2D eigenvalue weighted by molar-refractivity contribution is -0.171. The van der Waals surface area contributed by atoms with Crippen molar-refractivity contribution in [3.05, 3.63) is 76.6 Å². The Morgan fingerprint density at radius 3 is 2.41 bits per heavy atom. The highest BCUT2D eigenvalue weighted by Crippen LogP contribution is 2.43. The molecule has 0 aromatic heterocycles. The highest BCUT2D eigenvalue weighted by Gasteiger charge is 2.55. The summed E-state index contributed by atoms with van der Waals surface area (Å²) in [6.07, 6.45) is 2.34. The molecule has 32 heavy (non-hydrogen) atoms. The zero-order chi connectivity index (χ0) is 23.5. The average molecular weight is 438 g/mol. The molecule has 0 aliphatic carbocycles. The number of esters is 2. The summed E-state index contributed by atoms with van der Waals surface area (Å²) >= 11 is 0. The van der Waals surface area contributed by atoms with E-state index in [0.29, 0.717) is 23.1 Å². The van der Waals surface area contributed by atoms with Gasteiger partial charge in [-0.2, -0.15) is 0 Å². The summed E-state index contributed by atoms with van der Waals surface area (Å²) in [4.78, 5) is 25.5. The number of ether oxygens (including phenoxy) is 2. The molecule has 0 unspecified atom stereocenters. The van der Waals surface area contributed by atoms with Gasteiger partial charge in [-0.3, -0.25) is 0 Å². The number of benzene rings is 2. The summed E-state index contributed by atoms with van der Waals surface area (Å²) in [5.41, 5.74) is 0.727. The Kier molecular flexibility index (Phi) is 6.58. The fourth-order valence-electron chi connectivity index (χ4n) is 3.65. The van der Waals surface area contributed by atoms with Gasteiger partial charge in [0.25, 0.3) is 0 Å². The van der Waals surface area contributed by atoms with Crippen LogP contribution in [0.5, 0.6) is 11.5 Å². The van der Waals surface area contributed by atoms with E-state index >= 15 is 0 Å². The normalized spacial score (nSPS) is 17.8. The number of carbonyl (C=O) groups is 2. The van der Waals surface area contributed by atoms with Crippen LogP contribution in [0.25, 0.3) is 5.57 Å². The van der Waals surface area contributed by atoms with Gasteiger partial charge < -0.3 is 24.8 Å². The Labute approximate surface area is 186 Å². The summed E-state index contributed by atoms with van der Waals surface area (Å²) in [6.45, 7) is 5.58. The molecule has 3 rings (SSSR count). The van der Waals surface area contributed by atoms with Crippen LogP contribution in [0.3, 0.4) is 0 Å². The molecule has 1 atom stereocenters.